The fraction of sp³-hybridized carbons (Fsp3) is 0.375. The number of carbonyl (C=O) groups excluding carboxylic acids is 1. The molecule has 108 valence electrons. The van der Waals surface area contributed by atoms with Crippen molar-refractivity contribution in [2.24, 2.45) is 5.92 Å². The van der Waals surface area contributed by atoms with Crippen LogP contribution in [0.5, 0.6) is 0 Å². The third-order valence-corrected chi connectivity index (χ3v) is 4.62. The lowest BCUT2D eigenvalue weighted by Crippen LogP contribution is -2.37. The highest BCUT2D eigenvalue weighted by Gasteiger charge is 2.32. The maximum atomic E-state index is 12.3. The van der Waals surface area contributed by atoms with Crippen LogP contribution in [0.4, 0.5) is 0 Å². The van der Waals surface area contributed by atoms with Gasteiger partial charge in [0.2, 0.25) is 5.91 Å². The first-order chi connectivity index (χ1) is 10.2. The summed E-state index contributed by atoms with van der Waals surface area (Å²) >= 11 is 6.25. The third kappa shape index (κ3) is 2.33. The van der Waals surface area contributed by atoms with E-state index in [4.69, 9.17) is 11.6 Å². The Balaban J connectivity index is 1.67. The summed E-state index contributed by atoms with van der Waals surface area (Å²) in [5.41, 5.74) is 3.75. The van der Waals surface area contributed by atoms with E-state index in [-0.39, 0.29) is 5.91 Å². The average Bonchev–Trinajstić information content (AvgIpc) is 3.20. The van der Waals surface area contributed by atoms with Gasteiger partial charge in [0.15, 0.2) is 0 Å². The predicted octanol–water partition coefficient (Wildman–Crippen LogP) is 3.02. The quantitative estimate of drug-likeness (QED) is 0.947. The molecular formula is C16H16ClN3O. The Morgan fingerprint density at radius 1 is 1.33 bits per heavy atom. The first kappa shape index (κ1) is 12.9. The van der Waals surface area contributed by atoms with Crippen LogP contribution >= 0.6 is 11.6 Å². The van der Waals surface area contributed by atoms with E-state index in [1.54, 1.807) is 0 Å². The Bertz CT molecular complexity index is 705. The van der Waals surface area contributed by atoms with Crippen LogP contribution in [0, 0.1) is 5.92 Å². The molecule has 1 aromatic heterocycles. The number of fused-ring (bicyclic) bond motifs is 1. The molecule has 0 atom stereocenters. The Morgan fingerprint density at radius 2 is 2.14 bits per heavy atom. The smallest absolute Gasteiger partial charge is 0.227 e. The van der Waals surface area contributed by atoms with Crippen LogP contribution in [-0.2, 0) is 17.8 Å². The number of nitrogens with one attached hydrogen (secondary N) is 1. The standard InChI is InChI=1S/C16H16ClN3O/c17-13-4-2-1-3-11(13)16-12-7-15(21)20(8-10-5-6-10)9-14(12)18-19-16/h1-4,10H,5-9H2,(H,18,19). The van der Waals surface area contributed by atoms with Crippen molar-refractivity contribution in [1.29, 1.82) is 0 Å². The molecule has 0 unspecified atom stereocenters. The maximum absolute atomic E-state index is 12.3. The molecule has 0 bridgehead atoms. The number of hydrogen-bond donors (Lipinski definition) is 1. The Hall–Kier alpha value is -1.81. The zero-order valence-electron chi connectivity index (χ0n) is 11.6. The van der Waals surface area contributed by atoms with E-state index >= 15 is 0 Å². The van der Waals surface area contributed by atoms with E-state index in [1.165, 1.54) is 12.8 Å². The van der Waals surface area contributed by atoms with Gasteiger partial charge in [-0.3, -0.25) is 9.89 Å². The summed E-state index contributed by atoms with van der Waals surface area (Å²) in [4.78, 5) is 14.3. The first-order valence-corrected chi connectivity index (χ1v) is 7.69. The van der Waals surface area contributed by atoms with Gasteiger partial charge in [-0.1, -0.05) is 29.8 Å². The van der Waals surface area contributed by atoms with Gasteiger partial charge in [0.1, 0.15) is 0 Å². The van der Waals surface area contributed by atoms with Crippen molar-refractivity contribution in [2.75, 3.05) is 6.54 Å². The van der Waals surface area contributed by atoms with E-state index in [2.05, 4.69) is 10.2 Å². The lowest BCUT2D eigenvalue weighted by Gasteiger charge is -2.26. The topological polar surface area (TPSA) is 49.0 Å². The summed E-state index contributed by atoms with van der Waals surface area (Å²) in [6, 6.07) is 7.63. The number of carbonyl (C=O) groups is 1. The predicted molar refractivity (Wildman–Crippen MR) is 80.9 cm³/mol. The molecule has 1 saturated carbocycles. The minimum Gasteiger partial charge on any atom is -0.336 e. The van der Waals surface area contributed by atoms with Gasteiger partial charge in [0.25, 0.3) is 0 Å². The molecule has 1 aliphatic heterocycles. The number of rotatable bonds is 3. The molecule has 4 nitrogen and oxygen atoms in total. The van der Waals surface area contributed by atoms with E-state index in [1.807, 2.05) is 29.2 Å². The van der Waals surface area contributed by atoms with Crippen LogP contribution in [0.3, 0.4) is 0 Å². The highest BCUT2D eigenvalue weighted by Crippen LogP contribution is 2.35. The molecule has 2 aliphatic rings. The maximum Gasteiger partial charge on any atom is 0.227 e. The molecule has 0 saturated heterocycles. The van der Waals surface area contributed by atoms with Gasteiger partial charge in [0, 0.05) is 17.7 Å². The summed E-state index contributed by atoms with van der Waals surface area (Å²) in [7, 11) is 0. The van der Waals surface area contributed by atoms with Gasteiger partial charge in [-0.05, 0) is 24.8 Å². The molecule has 5 heteroatoms. The van der Waals surface area contributed by atoms with Crippen LogP contribution in [0.15, 0.2) is 24.3 Å². The number of aromatic amines is 1. The number of amides is 1. The fourth-order valence-corrected chi connectivity index (χ4v) is 3.14. The summed E-state index contributed by atoms with van der Waals surface area (Å²) in [5.74, 6) is 0.908. The third-order valence-electron chi connectivity index (χ3n) is 4.29. The fourth-order valence-electron chi connectivity index (χ4n) is 2.92. The van der Waals surface area contributed by atoms with Gasteiger partial charge in [-0.15, -0.1) is 0 Å². The zero-order chi connectivity index (χ0) is 14.4. The highest BCUT2D eigenvalue weighted by molar-refractivity contribution is 6.33. The second-order valence-electron chi connectivity index (χ2n) is 5.90. The van der Waals surface area contributed by atoms with Crippen molar-refractivity contribution >= 4 is 17.5 Å². The molecule has 1 N–H and O–H groups in total. The summed E-state index contributed by atoms with van der Waals surface area (Å²) in [6.07, 6.45) is 2.92. The zero-order valence-corrected chi connectivity index (χ0v) is 12.4. The summed E-state index contributed by atoms with van der Waals surface area (Å²) in [5, 5.41) is 8.16. The molecule has 21 heavy (non-hydrogen) atoms. The minimum atomic E-state index is 0.198. The van der Waals surface area contributed by atoms with Crippen molar-refractivity contribution in [3.05, 3.63) is 40.5 Å². The second-order valence-corrected chi connectivity index (χ2v) is 6.31. The molecule has 0 spiro atoms. The van der Waals surface area contributed by atoms with Crippen LogP contribution in [0.25, 0.3) is 11.3 Å². The van der Waals surface area contributed by atoms with Crippen molar-refractivity contribution in [2.45, 2.75) is 25.8 Å². The highest BCUT2D eigenvalue weighted by atomic mass is 35.5. The van der Waals surface area contributed by atoms with Crippen LogP contribution < -0.4 is 0 Å². The first-order valence-electron chi connectivity index (χ1n) is 7.31. The monoisotopic (exact) mass is 301 g/mol. The van der Waals surface area contributed by atoms with Crippen molar-refractivity contribution in [3.63, 3.8) is 0 Å². The van der Waals surface area contributed by atoms with Crippen molar-refractivity contribution in [1.82, 2.24) is 15.1 Å². The van der Waals surface area contributed by atoms with E-state index in [0.29, 0.717) is 23.9 Å². The van der Waals surface area contributed by atoms with Gasteiger partial charge in [0.05, 0.1) is 29.4 Å². The number of H-pyrrole nitrogens is 1. The van der Waals surface area contributed by atoms with E-state index in [9.17, 15) is 4.79 Å². The number of hydrogen-bond acceptors (Lipinski definition) is 2. The van der Waals surface area contributed by atoms with Crippen molar-refractivity contribution in [3.8, 4) is 11.3 Å². The second kappa shape index (κ2) is 4.88. The SMILES string of the molecule is O=C1Cc2c(-c3ccccc3Cl)n[nH]c2CN1CC1CC1. The minimum absolute atomic E-state index is 0.198. The molecule has 2 heterocycles. The number of benzene rings is 1. The molecular weight excluding hydrogens is 286 g/mol. The van der Waals surface area contributed by atoms with Crippen LogP contribution in [0.2, 0.25) is 5.02 Å². The lowest BCUT2D eigenvalue weighted by atomic mass is 9.99. The average molecular weight is 302 g/mol. The molecule has 2 aromatic rings. The Morgan fingerprint density at radius 3 is 2.90 bits per heavy atom. The lowest BCUT2D eigenvalue weighted by molar-refractivity contribution is -0.132. The normalized spacial score (nSPS) is 18.0. The van der Waals surface area contributed by atoms with Gasteiger partial charge >= 0.3 is 0 Å². The molecule has 1 fully saturated rings. The van der Waals surface area contributed by atoms with Crippen LogP contribution in [-0.4, -0.2) is 27.5 Å². The van der Waals surface area contributed by atoms with Gasteiger partial charge < -0.3 is 4.90 Å². The molecule has 1 aliphatic carbocycles. The molecule has 1 amide bonds. The summed E-state index contributed by atoms with van der Waals surface area (Å²) in [6.45, 7) is 1.53. The molecule has 0 radical (unpaired) electrons. The summed E-state index contributed by atoms with van der Waals surface area (Å²) < 4.78 is 0. The Labute approximate surface area is 128 Å². The van der Waals surface area contributed by atoms with Gasteiger partial charge in [-0.25, -0.2) is 0 Å². The van der Waals surface area contributed by atoms with Crippen LogP contribution in [0.1, 0.15) is 24.1 Å². The molecule has 4 rings (SSSR count). The Kier molecular flexibility index (Phi) is 3.00. The number of nitrogens with zero attached hydrogens (tertiary/aromatic N) is 2. The van der Waals surface area contributed by atoms with E-state index in [0.717, 1.165) is 29.1 Å². The molecule has 1 aromatic carbocycles. The van der Waals surface area contributed by atoms with Gasteiger partial charge in [-0.2, -0.15) is 5.10 Å². The number of aromatic nitrogens is 2. The largest absolute Gasteiger partial charge is 0.336 e. The van der Waals surface area contributed by atoms with Crippen molar-refractivity contribution < 1.29 is 4.79 Å². The number of halogens is 1. The van der Waals surface area contributed by atoms with E-state index < -0.39 is 0 Å².